The Morgan fingerprint density at radius 3 is 1.34 bits per heavy atom. The van der Waals surface area contributed by atoms with Crippen molar-refractivity contribution < 1.29 is 4.42 Å². The minimum Gasteiger partial charge on any atom is -0.456 e. The number of furan rings is 1. The van der Waals surface area contributed by atoms with Gasteiger partial charge in [-0.15, -0.1) is 0 Å². The summed E-state index contributed by atoms with van der Waals surface area (Å²) in [6.07, 6.45) is 0. The molecule has 1 heterocycles. The Morgan fingerprint density at radius 2 is 0.677 bits per heavy atom. The number of fused-ring (bicyclic) bond motifs is 2. The van der Waals surface area contributed by atoms with Crippen LogP contribution in [0.15, 0.2) is 253 Å². The highest BCUT2D eigenvalue weighted by atomic mass is 16.3. The van der Waals surface area contributed by atoms with E-state index in [2.05, 4.69) is 235 Å². The van der Waals surface area contributed by atoms with Gasteiger partial charge in [0, 0.05) is 28.0 Å². The highest BCUT2D eigenvalue weighted by molar-refractivity contribution is 5.97. The van der Waals surface area contributed by atoms with Gasteiger partial charge >= 0.3 is 0 Å². The summed E-state index contributed by atoms with van der Waals surface area (Å²) in [6.45, 7) is 0. The van der Waals surface area contributed by atoms with Crippen LogP contribution in [0.2, 0.25) is 0 Å². The lowest BCUT2D eigenvalue weighted by Gasteiger charge is -2.26. The van der Waals surface area contributed by atoms with Gasteiger partial charge in [-0.05, 0) is 121 Å². The fourth-order valence-electron chi connectivity index (χ4n) is 8.74. The Bertz CT molecular complexity index is 3270. The molecule has 0 N–H and O–H groups in total. The third-order valence-corrected chi connectivity index (χ3v) is 11.9. The van der Waals surface area contributed by atoms with Crippen LogP contribution in [0.5, 0.6) is 0 Å². The summed E-state index contributed by atoms with van der Waals surface area (Å²) < 4.78 is 6.23. The van der Waals surface area contributed by atoms with E-state index in [1.54, 1.807) is 0 Å². The lowest BCUT2D eigenvalue weighted by molar-refractivity contribution is 0.631. The van der Waals surface area contributed by atoms with Crippen molar-refractivity contribution in [3.05, 3.63) is 249 Å². The third-order valence-electron chi connectivity index (χ3n) is 11.9. The van der Waals surface area contributed by atoms with Crippen molar-refractivity contribution in [2.24, 2.45) is 0 Å². The molecule has 0 saturated heterocycles. The molecular formula is C60H41NO. The number of anilines is 3. The van der Waals surface area contributed by atoms with Crippen LogP contribution in [0.3, 0.4) is 0 Å². The third kappa shape index (κ3) is 7.14. The summed E-state index contributed by atoms with van der Waals surface area (Å²) in [6, 6.07) is 89.0. The molecule has 10 aromatic carbocycles. The van der Waals surface area contributed by atoms with E-state index in [-0.39, 0.29) is 0 Å². The van der Waals surface area contributed by atoms with E-state index in [1.165, 1.54) is 55.3 Å². The van der Waals surface area contributed by atoms with E-state index in [0.717, 1.165) is 50.5 Å². The Balaban J connectivity index is 0.930. The van der Waals surface area contributed by atoms with E-state index in [9.17, 15) is 0 Å². The summed E-state index contributed by atoms with van der Waals surface area (Å²) in [4.78, 5) is 2.34. The second-order valence-electron chi connectivity index (χ2n) is 15.7. The van der Waals surface area contributed by atoms with Crippen LogP contribution in [0.4, 0.5) is 17.1 Å². The van der Waals surface area contributed by atoms with Crippen LogP contribution in [-0.4, -0.2) is 0 Å². The Morgan fingerprint density at radius 1 is 0.258 bits per heavy atom. The predicted molar refractivity (Wildman–Crippen MR) is 261 cm³/mol. The zero-order valence-corrected chi connectivity index (χ0v) is 34.0. The summed E-state index contributed by atoms with van der Waals surface area (Å²) in [5, 5.41) is 3.63. The molecule has 0 atom stereocenters. The van der Waals surface area contributed by atoms with Gasteiger partial charge in [-0.25, -0.2) is 0 Å². The molecule has 0 aliphatic rings. The first-order valence-electron chi connectivity index (χ1n) is 21.2. The van der Waals surface area contributed by atoms with Crippen molar-refractivity contribution in [1.82, 2.24) is 0 Å². The fourth-order valence-corrected chi connectivity index (χ4v) is 8.74. The molecular weight excluding hydrogens is 751 g/mol. The molecule has 2 nitrogen and oxygen atoms in total. The number of para-hydroxylation sites is 1. The van der Waals surface area contributed by atoms with Crippen molar-refractivity contribution in [3.8, 4) is 67.0 Å². The van der Waals surface area contributed by atoms with Gasteiger partial charge in [-0.1, -0.05) is 194 Å². The van der Waals surface area contributed by atoms with Crippen LogP contribution in [0, 0.1) is 0 Å². The van der Waals surface area contributed by atoms with E-state index in [4.69, 9.17) is 4.42 Å². The molecule has 62 heavy (non-hydrogen) atoms. The maximum absolute atomic E-state index is 6.23. The van der Waals surface area contributed by atoms with Crippen LogP contribution in [0.25, 0.3) is 88.7 Å². The second kappa shape index (κ2) is 16.1. The van der Waals surface area contributed by atoms with E-state index in [0.29, 0.717) is 0 Å². The molecule has 0 saturated carbocycles. The molecule has 11 rings (SSSR count). The highest BCUT2D eigenvalue weighted by Crippen LogP contribution is 2.40. The summed E-state index contributed by atoms with van der Waals surface area (Å²) >= 11 is 0. The van der Waals surface area contributed by atoms with Crippen molar-refractivity contribution >= 4 is 38.8 Å². The number of hydrogen-bond acceptors (Lipinski definition) is 2. The average Bonchev–Trinajstić information content (AvgIpc) is 3.80. The molecule has 0 aliphatic heterocycles. The maximum Gasteiger partial charge on any atom is 0.135 e. The standard InChI is InChI=1S/C60H41NO/c1-2-12-45(13-3-1)55-20-7-8-21-57(55)48-32-38-54(39-33-48)61(53-36-30-44(31-37-53)49-17-10-18-50(40-49)60-41-51-15-5-9-23-59(51)62-60)52-34-28-43(29-35-52)42-24-26-47(27-25-42)58-22-11-16-46-14-4-6-19-56(46)58/h1-41H. The largest absolute Gasteiger partial charge is 0.456 e. The number of nitrogens with zero attached hydrogens (tertiary/aromatic N) is 1. The predicted octanol–water partition coefficient (Wildman–Crippen LogP) is 17.1. The summed E-state index contributed by atoms with van der Waals surface area (Å²) in [7, 11) is 0. The monoisotopic (exact) mass is 791 g/mol. The van der Waals surface area contributed by atoms with Crippen molar-refractivity contribution in [1.29, 1.82) is 0 Å². The first-order chi connectivity index (χ1) is 30.7. The fraction of sp³-hybridized carbons (Fsp3) is 0. The first-order valence-corrected chi connectivity index (χ1v) is 21.2. The quantitative estimate of drug-likeness (QED) is 0.145. The molecule has 0 amide bonds. The van der Waals surface area contributed by atoms with Gasteiger partial charge in [0.05, 0.1) is 0 Å². The SMILES string of the molecule is c1ccc(-c2ccccc2-c2ccc(N(c3ccc(-c4ccc(-c5cccc6ccccc56)cc4)cc3)c3ccc(-c4cccc(-c5cc6ccccc6o5)c4)cc3)cc2)cc1. The average molecular weight is 792 g/mol. The first kappa shape index (κ1) is 36.8. The Hall–Kier alpha value is -8.20. The number of hydrogen-bond donors (Lipinski definition) is 0. The molecule has 0 unspecified atom stereocenters. The zero-order valence-electron chi connectivity index (χ0n) is 34.0. The van der Waals surface area contributed by atoms with Gasteiger partial charge in [0.1, 0.15) is 11.3 Å². The van der Waals surface area contributed by atoms with Crippen molar-refractivity contribution in [2.75, 3.05) is 4.90 Å². The van der Waals surface area contributed by atoms with Gasteiger partial charge in [-0.2, -0.15) is 0 Å². The molecule has 0 aliphatic carbocycles. The van der Waals surface area contributed by atoms with E-state index < -0.39 is 0 Å². The Labute approximate surface area is 362 Å². The van der Waals surface area contributed by atoms with Gasteiger partial charge in [0.25, 0.3) is 0 Å². The van der Waals surface area contributed by atoms with E-state index >= 15 is 0 Å². The van der Waals surface area contributed by atoms with Gasteiger partial charge in [0.15, 0.2) is 0 Å². The maximum atomic E-state index is 6.23. The second-order valence-corrected chi connectivity index (χ2v) is 15.7. The topological polar surface area (TPSA) is 16.4 Å². The van der Waals surface area contributed by atoms with Crippen molar-refractivity contribution in [2.45, 2.75) is 0 Å². The van der Waals surface area contributed by atoms with Gasteiger partial charge in [-0.3, -0.25) is 0 Å². The number of benzene rings is 10. The molecule has 0 bridgehead atoms. The molecule has 2 heteroatoms. The molecule has 0 fully saturated rings. The highest BCUT2D eigenvalue weighted by Gasteiger charge is 2.16. The summed E-state index contributed by atoms with van der Waals surface area (Å²) in [5.41, 5.74) is 17.1. The molecule has 0 spiro atoms. The Kier molecular flexibility index (Phi) is 9.57. The molecule has 11 aromatic rings. The van der Waals surface area contributed by atoms with Crippen LogP contribution >= 0.6 is 0 Å². The smallest absolute Gasteiger partial charge is 0.135 e. The minimum absolute atomic E-state index is 0.870. The normalized spacial score (nSPS) is 11.2. The molecule has 1 aromatic heterocycles. The van der Waals surface area contributed by atoms with Crippen LogP contribution in [-0.2, 0) is 0 Å². The lowest BCUT2D eigenvalue weighted by atomic mass is 9.94. The minimum atomic E-state index is 0.870. The molecule has 0 radical (unpaired) electrons. The van der Waals surface area contributed by atoms with Crippen molar-refractivity contribution in [3.63, 3.8) is 0 Å². The van der Waals surface area contributed by atoms with Gasteiger partial charge < -0.3 is 9.32 Å². The van der Waals surface area contributed by atoms with Crippen LogP contribution < -0.4 is 4.90 Å². The number of rotatable bonds is 9. The summed E-state index contributed by atoms with van der Waals surface area (Å²) in [5.74, 6) is 0.870. The van der Waals surface area contributed by atoms with Crippen LogP contribution in [0.1, 0.15) is 0 Å². The van der Waals surface area contributed by atoms with Gasteiger partial charge in [0.2, 0.25) is 0 Å². The van der Waals surface area contributed by atoms with E-state index in [1.807, 2.05) is 18.2 Å². The molecule has 292 valence electrons. The lowest BCUT2D eigenvalue weighted by Crippen LogP contribution is -2.09. The zero-order chi connectivity index (χ0) is 41.2.